The Morgan fingerprint density at radius 2 is 2.35 bits per heavy atom. The summed E-state index contributed by atoms with van der Waals surface area (Å²) in [6.45, 7) is 0.543. The van der Waals surface area contributed by atoms with Gasteiger partial charge in [0.2, 0.25) is 5.16 Å². The molecule has 20 heavy (non-hydrogen) atoms. The van der Waals surface area contributed by atoms with Crippen molar-refractivity contribution in [3.8, 4) is 0 Å². The van der Waals surface area contributed by atoms with Gasteiger partial charge in [0.15, 0.2) is 0 Å². The quantitative estimate of drug-likeness (QED) is 0.392. The first kappa shape index (κ1) is 12.5. The smallest absolute Gasteiger partial charge is 0.265 e. The summed E-state index contributed by atoms with van der Waals surface area (Å²) in [5.74, 6) is 1.21. The molecular weight excluding hydrogens is 282 g/mol. The number of nitro groups is 1. The van der Waals surface area contributed by atoms with Crippen LogP contribution >= 0.6 is 11.8 Å². The first-order valence-corrected chi connectivity index (χ1v) is 6.68. The highest BCUT2D eigenvalue weighted by Crippen LogP contribution is 2.14. The van der Waals surface area contributed by atoms with Crippen molar-refractivity contribution in [3.05, 3.63) is 41.0 Å². The standard InChI is InChI=1S/C10H9N7O2S/c18-17(19)8-6-12-15(7-8)4-5-20-10-13-9-11-2-1-3-16(9)14-10/h1-3,6-7H,4-5H2. The molecule has 0 N–H and O–H groups in total. The normalized spacial score (nSPS) is 11.0. The molecule has 0 bridgehead atoms. The van der Waals surface area contributed by atoms with Gasteiger partial charge in [0.05, 0.1) is 11.5 Å². The number of nitrogens with zero attached hydrogens (tertiary/aromatic N) is 7. The monoisotopic (exact) mass is 291 g/mol. The lowest BCUT2D eigenvalue weighted by atomic mass is 10.6. The fraction of sp³-hybridized carbons (Fsp3) is 0.200. The van der Waals surface area contributed by atoms with Crippen molar-refractivity contribution in [2.45, 2.75) is 11.7 Å². The molecule has 0 aliphatic carbocycles. The zero-order chi connectivity index (χ0) is 13.9. The lowest BCUT2D eigenvalue weighted by Crippen LogP contribution is -2.00. The lowest BCUT2D eigenvalue weighted by molar-refractivity contribution is -0.385. The molecule has 0 amide bonds. The van der Waals surface area contributed by atoms with E-state index in [1.807, 2.05) is 0 Å². The second-order valence-corrected chi connectivity index (χ2v) is 4.89. The van der Waals surface area contributed by atoms with Crippen molar-refractivity contribution in [1.29, 1.82) is 0 Å². The average Bonchev–Trinajstić information content (AvgIpc) is 3.04. The van der Waals surface area contributed by atoms with Gasteiger partial charge in [-0.25, -0.2) is 9.50 Å². The van der Waals surface area contributed by atoms with Gasteiger partial charge in [-0.05, 0) is 6.07 Å². The summed E-state index contributed by atoms with van der Waals surface area (Å²) in [7, 11) is 0. The van der Waals surface area contributed by atoms with Crippen LogP contribution in [0.2, 0.25) is 0 Å². The fourth-order valence-electron chi connectivity index (χ4n) is 1.57. The highest BCUT2D eigenvalue weighted by atomic mass is 32.2. The van der Waals surface area contributed by atoms with E-state index in [0.717, 1.165) is 0 Å². The van der Waals surface area contributed by atoms with Crippen molar-refractivity contribution in [3.63, 3.8) is 0 Å². The summed E-state index contributed by atoms with van der Waals surface area (Å²) >= 11 is 1.44. The van der Waals surface area contributed by atoms with Gasteiger partial charge in [-0.1, -0.05) is 11.8 Å². The van der Waals surface area contributed by atoms with Gasteiger partial charge in [0.25, 0.3) is 5.78 Å². The van der Waals surface area contributed by atoms with Crippen LogP contribution in [0.25, 0.3) is 5.78 Å². The van der Waals surface area contributed by atoms with Gasteiger partial charge >= 0.3 is 5.69 Å². The molecule has 0 saturated heterocycles. The molecule has 0 aliphatic heterocycles. The largest absolute Gasteiger partial charge is 0.306 e. The number of hydrogen-bond acceptors (Lipinski definition) is 7. The van der Waals surface area contributed by atoms with E-state index in [1.165, 1.54) is 28.8 Å². The molecule has 0 aliphatic rings. The molecule has 3 rings (SSSR count). The molecule has 3 aromatic rings. The predicted octanol–water partition coefficient (Wildman–Crippen LogP) is 1.02. The lowest BCUT2D eigenvalue weighted by Gasteiger charge is -1.97. The van der Waals surface area contributed by atoms with Gasteiger partial charge in [0, 0.05) is 18.1 Å². The molecule has 0 atom stereocenters. The molecule has 102 valence electrons. The zero-order valence-corrected chi connectivity index (χ0v) is 11.0. The van der Waals surface area contributed by atoms with Gasteiger partial charge < -0.3 is 0 Å². The van der Waals surface area contributed by atoms with Crippen LogP contribution in [0.4, 0.5) is 5.69 Å². The van der Waals surface area contributed by atoms with Crippen molar-refractivity contribution in [1.82, 2.24) is 29.4 Å². The van der Waals surface area contributed by atoms with Crippen LogP contribution in [0.3, 0.4) is 0 Å². The van der Waals surface area contributed by atoms with Gasteiger partial charge in [-0.15, -0.1) is 5.10 Å². The molecule has 10 heteroatoms. The highest BCUT2D eigenvalue weighted by Gasteiger charge is 2.09. The first-order chi connectivity index (χ1) is 9.72. The molecular formula is C10H9N7O2S. The van der Waals surface area contributed by atoms with Gasteiger partial charge in [-0.2, -0.15) is 10.1 Å². The van der Waals surface area contributed by atoms with E-state index in [4.69, 9.17) is 0 Å². The number of fused-ring (bicyclic) bond motifs is 1. The van der Waals surface area contributed by atoms with E-state index in [9.17, 15) is 10.1 Å². The van der Waals surface area contributed by atoms with Crippen LogP contribution in [0.1, 0.15) is 0 Å². The maximum absolute atomic E-state index is 10.5. The van der Waals surface area contributed by atoms with Crippen LogP contribution in [-0.4, -0.2) is 40.0 Å². The summed E-state index contributed by atoms with van der Waals surface area (Å²) in [6, 6.07) is 1.78. The maximum Gasteiger partial charge on any atom is 0.306 e. The number of aryl methyl sites for hydroxylation is 1. The Morgan fingerprint density at radius 3 is 3.10 bits per heavy atom. The molecule has 0 aromatic carbocycles. The molecule has 0 fully saturated rings. The van der Waals surface area contributed by atoms with Gasteiger partial charge in [0.1, 0.15) is 12.4 Å². The van der Waals surface area contributed by atoms with Gasteiger partial charge in [-0.3, -0.25) is 14.8 Å². The van der Waals surface area contributed by atoms with Crippen LogP contribution in [-0.2, 0) is 6.54 Å². The minimum absolute atomic E-state index is 0.00921. The number of rotatable bonds is 5. The molecule has 0 unspecified atom stereocenters. The predicted molar refractivity (Wildman–Crippen MR) is 70.4 cm³/mol. The van der Waals surface area contributed by atoms with Crippen molar-refractivity contribution < 1.29 is 4.92 Å². The Kier molecular flexibility index (Phi) is 3.29. The van der Waals surface area contributed by atoms with Crippen LogP contribution in [0.15, 0.2) is 36.0 Å². The van der Waals surface area contributed by atoms with Crippen molar-refractivity contribution in [2.24, 2.45) is 0 Å². The van der Waals surface area contributed by atoms with E-state index in [2.05, 4.69) is 20.2 Å². The van der Waals surface area contributed by atoms with Crippen molar-refractivity contribution in [2.75, 3.05) is 5.75 Å². The second kappa shape index (κ2) is 5.25. The molecule has 9 nitrogen and oxygen atoms in total. The van der Waals surface area contributed by atoms with E-state index >= 15 is 0 Å². The van der Waals surface area contributed by atoms with Crippen LogP contribution < -0.4 is 0 Å². The Hall–Kier alpha value is -2.49. The van der Waals surface area contributed by atoms with E-state index in [1.54, 1.807) is 23.0 Å². The molecule has 3 aromatic heterocycles. The topological polar surface area (TPSA) is 104 Å². The first-order valence-electron chi connectivity index (χ1n) is 5.69. The fourth-order valence-corrected chi connectivity index (χ4v) is 2.33. The van der Waals surface area contributed by atoms with Crippen LogP contribution in [0.5, 0.6) is 0 Å². The maximum atomic E-state index is 10.5. The summed E-state index contributed by atoms with van der Waals surface area (Å²) < 4.78 is 3.13. The zero-order valence-electron chi connectivity index (χ0n) is 10.2. The summed E-state index contributed by atoms with van der Waals surface area (Å²) in [4.78, 5) is 18.4. The SMILES string of the molecule is O=[N+]([O-])c1cnn(CCSc2nc3ncccn3n2)c1. The summed E-state index contributed by atoms with van der Waals surface area (Å²) in [5.41, 5.74) is -0.00921. The Balaban J connectivity index is 1.60. The van der Waals surface area contributed by atoms with E-state index in [0.29, 0.717) is 23.2 Å². The van der Waals surface area contributed by atoms with Crippen LogP contribution in [0, 0.1) is 10.1 Å². The third kappa shape index (κ3) is 2.59. The summed E-state index contributed by atoms with van der Waals surface area (Å²) in [6.07, 6.45) is 6.06. The molecule has 0 saturated carbocycles. The average molecular weight is 291 g/mol. The highest BCUT2D eigenvalue weighted by molar-refractivity contribution is 7.99. The second-order valence-electron chi connectivity index (χ2n) is 3.83. The molecule has 0 spiro atoms. The Morgan fingerprint density at radius 1 is 1.45 bits per heavy atom. The minimum atomic E-state index is -0.466. The number of hydrogen-bond donors (Lipinski definition) is 0. The van der Waals surface area contributed by atoms with Crippen molar-refractivity contribution >= 4 is 23.2 Å². The number of aromatic nitrogens is 6. The molecule has 0 radical (unpaired) electrons. The molecule has 3 heterocycles. The third-order valence-electron chi connectivity index (χ3n) is 2.48. The van der Waals surface area contributed by atoms with E-state index in [-0.39, 0.29) is 5.69 Å². The third-order valence-corrected chi connectivity index (χ3v) is 3.30. The Bertz CT molecular complexity index is 720. The minimum Gasteiger partial charge on any atom is -0.265 e. The number of thioether (sulfide) groups is 1. The van der Waals surface area contributed by atoms with E-state index < -0.39 is 4.92 Å². The Labute approximate surface area is 116 Å². The summed E-state index contributed by atoms with van der Waals surface area (Å²) in [5, 5.41) is 19.3.